The average molecular weight is 458 g/mol. The van der Waals surface area contributed by atoms with Crippen LogP contribution in [-0.4, -0.2) is 51.8 Å². The smallest absolute Gasteiger partial charge is 0.350 e. The number of aryl methyl sites for hydroxylation is 1. The van der Waals surface area contributed by atoms with Gasteiger partial charge in [-0.3, -0.25) is 4.79 Å². The normalized spacial score (nSPS) is 10.4. The van der Waals surface area contributed by atoms with Crippen molar-refractivity contribution in [2.45, 2.75) is 6.92 Å². The van der Waals surface area contributed by atoms with Crippen LogP contribution in [0.25, 0.3) is 10.6 Å². The molecule has 168 valence electrons. The Morgan fingerprint density at radius 2 is 1.44 bits per heavy atom. The van der Waals surface area contributed by atoms with Gasteiger partial charge in [-0.1, -0.05) is 0 Å². The lowest BCUT2D eigenvalue weighted by atomic mass is 10.1. The maximum Gasteiger partial charge on any atom is 0.350 e. The zero-order chi connectivity index (χ0) is 23.3. The number of hydrogen-bond acceptors (Lipinski definition) is 9. The molecule has 0 aliphatic heterocycles. The van der Waals surface area contributed by atoms with Gasteiger partial charge in [0.1, 0.15) is 9.88 Å². The summed E-state index contributed by atoms with van der Waals surface area (Å²) in [6, 6.07) is 10.1. The number of ether oxygens (including phenoxy) is 5. The van der Waals surface area contributed by atoms with E-state index in [-0.39, 0.29) is 5.78 Å². The lowest BCUT2D eigenvalue weighted by molar-refractivity contribution is 0.0478. The molecule has 0 aliphatic carbocycles. The Morgan fingerprint density at radius 3 is 2.06 bits per heavy atom. The first-order chi connectivity index (χ1) is 15.4. The van der Waals surface area contributed by atoms with Crippen LogP contribution in [0.4, 0.5) is 0 Å². The van der Waals surface area contributed by atoms with Crippen LogP contribution in [0.2, 0.25) is 0 Å². The maximum absolute atomic E-state index is 12.6. The maximum atomic E-state index is 12.6. The molecule has 0 spiro atoms. The Labute approximate surface area is 189 Å². The highest BCUT2D eigenvalue weighted by atomic mass is 32.1. The van der Waals surface area contributed by atoms with Gasteiger partial charge in [-0.05, 0) is 43.3 Å². The molecule has 0 N–H and O–H groups in total. The molecule has 0 saturated heterocycles. The number of rotatable bonds is 9. The molecular weight excluding hydrogens is 434 g/mol. The van der Waals surface area contributed by atoms with Crippen LogP contribution in [-0.2, 0) is 4.74 Å². The van der Waals surface area contributed by atoms with Gasteiger partial charge in [0, 0.05) is 11.1 Å². The molecule has 9 heteroatoms. The molecule has 32 heavy (non-hydrogen) atoms. The van der Waals surface area contributed by atoms with Crippen molar-refractivity contribution in [1.29, 1.82) is 0 Å². The van der Waals surface area contributed by atoms with Crippen molar-refractivity contribution in [3.05, 3.63) is 52.5 Å². The zero-order valence-corrected chi connectivity index (χ0v) is 19.2. The molecule has 1 aromatic heterocycles. The Kier molecular flexibility index (Phi) is 7.32. The van der Waals surface area contributed by atoms with Crippen molar-refractivity contribution in [2.24, 2.45) is 0 Å². The number of carbonyl (C=O) groups is 2. The van der Waals surface area contributed by atoms with E-state index in [9.17, 15) is 9.59 Å². The van der Waals surface area contributed by atoms with Crippen LogP contribution in [0.3, 0.4) is 0 Å². The third-order valence-corrected chi connectivity index (χ3v) is 5.84. The number of Topliss-reactive ketones (excluding diaryl/α,β-unsaturated/α-hetero) is 1. The van der Waals surface area contributed by atoms with Gasteiger partial charge < -0.3 is 23.7 Å². The van der Waals surface area contributed by atoms with E-state index in [0.29, 0.717) is 44.1 Å². The fraction of sp³-hybridized carbons (Fsp3) is 0.261. The summed E-state index contributed by atoms with van der Waals surface area (Å²) in [6.07, 6.45) is 0. The van der Waals surface area contributed by atoms with E-state index >= 15 is 0 Å². The molecule has 0 unspecified atom stereocenters. The molecule has 0 atom stereocenters. The van der Waals surface area contributed by atoms with E-state index in [1.54, 1.807) is 51.5 Å². The topological polar surface area (TPSA) is 93.2 Å². The molecule has 0 radical (unpaired) electrons. The third-order valence-electron chi connectivity index (χ3n) is 4.65. The molecular formula is C23H23NO7S. The number of ketones is 1. The van der Waals surface area contributed by atoms with Crippen LogP contribution in [0.5, 0.6) is 23.0 Å². The summed E-state index contributed by atoms with van der Waals surface area (Å²) in [5, 5.41) is 0.627. The molecule has 0 aliphatic rings. The molecule has 3 rings (SSSR count). The first kappa shape index (κ1) is 23.1. The molecule has 2 aromatic carbocycles. The minimum absolute atomic E-state index is 0.329. The molecule has 0 saturated carbocycles. The summed E-state index contributed by atoms with van der Waals surface area (Å²) in [5.41, 5.74) is 1.64. The van der Waals surface area contributed by atoms with E-state index in [2.05, 4.69) is 4.98 Å². The second kappa shape index (κ2) is 10.1. The van der Waals surface area contributed by atoms with Gasteiger partial charge in [-0.15, -0.1) is 11.3 Å². The first-order valence-electron chi connectivity index (χ1n) is 9.54. The second-order valence-electron chi connectivity index (χ2n) is 6.57. The number of aromatic nitrogens is 1. The van der Waals surface area contributed by atoms with Crippen LogP contribution in [0.1, 0.15) is 25.7 Å². The molecule has 8 nitrogen and oxygen atoms in total. The Bertz CT molecular complexity index is 1140. The van der Waals surface area contributed by atoms with E-state index in [1.165, 1.54) is 25.6 Å². The predicted molar refractivity (Wildman–Crippen MR) is 120 cm³/mol. The highest BCUT2D eigenvalue weighted by molar-refractivity contribution is 7.17. The minimum atomic E-state index is -0.611. The van der Waals surface area contributed by atoms with Gasteiger partial charge >= 0.3 is 5.97 Å². The number of benzene rings is 2. The first-order valence-corrected chi connectivity index (χ1v) is 10.4. The second-order valence-corrected chi connectivity index (χ2v) is 7.57. The fourth-order valence-electron chi connectivity index (χ4n) is 2.97. The van der Waals surface area contributed by atoms with Gasteiger partial charge in [-0.2, -0.15) is 0 Å². The predicted octanol–water partition coefficient (Wildman–Crippen LogP) is 4.19. The number of methoxy groups -OCH3 is 4. The Morgan fingerprint density at radius 1 is 0.844 bits per heavy atom. The van der Waals surface area contributed by atoms with Gasteiger partial charge in [-0.25, -0.2) is 9.78 Å². The average Bonchev–Trinajstić information content (AvgIpc) is 3.22. The standard InChI is InChI=1S/C23H23NO7S/c1-13-21(32-22(24-13)15-7-9-18(28-3)20(11-15)30-5)23(26)31-12-16(25)14-6-8-17(27-2)19(10-14)29-4/h6-11H,12H2,1-5H3. The summed E-state index contributed by atoms with van der Waals surface area (Å²) in [6.45, 7) is 1.31. The third kappa shape index (κ3) is 4.83. The number of nitrogens with zero attached hydrogens (tertiary/aromatic N) is 1. The summed E-state index contributed by atoms with van der Waals surface area (Å²) in [4.78, 5) is 29.9. The van der Waals surface area contributed by atoms with Gasteiger partial charge in [0.05, 0.1) is 34.1 Å². The zero-order valence-electron chi connectivity index (χ0n) is 18.4. The van der Waals surface area contributed by atoms with Crippen LogP contribution in [0.15, 0.2) is 36.4 Å². The molecule has 3 aromatic rings. The number of carbonyl (C=O) groups excluding carboxylic acids is 2. The van der Waals surface area contributed by atoms with Crippen molar-refractivity contribution in [3.8, 4) is 33.6 Å². The van der Waals surface area contributed by atoms with Gasteiger partial charge in [0.2, 0.25) is 0 Å². The monoisotopic (exact) mass is 457 g/mol. The van der Waals surface area contributed by atoms with Gasteiger partial charge in [0.25, 0.3) is 0 Å². The number of esters is 1. The summed E-state index contributed by atoms with van der Waals surface area (Å²) >= 11 is 1.18. The summed E-state index contributed by atoms with van der Waals surface area (Å²) < 4.78 is 26.2. The van der Waals surface area contributed by atoms with E-state index < -0.39 is 12.6 Å². The molecule has 0 fully saturated rings. The van der Waals surface area contributed by atoms with Crippen molar-refractivity contribution < 1.29 is 33.3 Å². The highest BCUT2D eigenvalue weighted by Gasteiger charge is 2.20. The molecule has 1 heterocycles. The highest BCUT2D eigenvalue weighted by Crippen LogP contribution is 2.35. The van der Waals surface area contributed by atoms with E-state index in [0.717, 1.165) is 5.56 Å². The Balaban J connectivity index is 1.73. The summed E-state index contributed by atoms with van der Waals surface area (Å²) in [5.74, 6) is 1.11. The van der Waals surface area contributed by atoms with E-state index in [4.69, 9.17) is 23.7 Å². The van der Waals surface area contributed by atoms with Crippen LogP contribution < -0.4 is 18.9 Å². The quantitative estimate of drug-likeness (QED) is 0.349. The largest absolute Gasteiger partial charge is 0.493 e. The van der Waals surface area contributed by atoms with Crippen LogP contribution in [0, 0.1) is 6.92 Å². The summed E-state index contributed by atoms with van der Waals surface area (Å²) in [7, 11) is 6.10. The van der Waals surface area contributed by atoms with Gasteiger partial charge in [0.15, 0.2) is 35.4 Å². The van der Waals surface area contributed by atoms with Crippen molar-refractivity contribution in [1.82, 2.24) is 4.98 Å². The molecule has 0 bridgehead atoms. The lowest BCUT2D eigenvalue weighted by Gasteiger charge is -2.09. The fourth-order valence-corrected chi connectivity index (χ4v) is 3.92. The molecule has 0 amide bonds. The van der Waals surface area contributed by atoms with Crippen molar-refractivity contribution in [3.63, 3.8) is 0 Å². The van der Waals surface area contributed by atoms with Crippen LogP contribution >= 0.6 is 11.3 Å². The Hall–Kier alpha value is -3.59. The SMILES string of the molecule is COc1ccc(C(=O)COC(=O)c2sc(-c3ccc(OC)c(OC)c3)nc2C)cc1OC. The van der Waals surface area contributed by atoms with Crippen molar-refractivity contribution >= 4 is 23.1 Å². The lowest BCUT2D eigenvalue weighted by Crippen LogP contribution is -2.14. The van der Waals surface area contributed by atoms with E-state index in [1.807, 2.05) is 6.07 Å². The van der Waals surface area contributed by atoms with Crippen molar-refractivity contribution in [2.75, 3.05) is 35.0 Å². The minimum Gasteiger partial charge on any atom is -0.493 e. The number of thiazole rings is 1. The number of hydrogen-bond donors (Lipinski definition) is 0.